The van der Waals surface area contributed by atoms with Gasteiger partial charge in [0, 0.05) is 21.2 Å². The van der Waals surface area contributed by atoms with Crippen LogP contribution in [0.5, 0.6) is 17.2 Å². The van der Waals surface area contributed by atoms with E-state index >= 15 is 0 Å². The molecule has 34 heavy (non-hydrogen) atoms. The van der Waals surface area contributed by atoms with Gasteiger partial charge in [-0.3, -0.25) is 0 Å². The lowest BCUT2D eigenvalue weighted by Gasteiger charge is -2.32. The number of phosphoric ester groups is 1. The smallest absolute Gasteiger partial charge is 0.386 e. The summed E-state index contributed by atoms with van der Waals surface area (Å²) in [6.07, 6.45) is 0. The zero-order chi connectivity index (χ0) is 24.9. The summed E-state index contributed by atoms with van der Waals surface area (Å²) < 4.78 is 29.5. The minimum Gasteiger partial charge on any atom is -0.386 e. The standard InChI is InChI=1S/C24H20Cl5O4P/c1-23(2,3)14-4-8-17(9-5-14)31-34(30)32-20-10-6-15(25)12-18(20)22(24(27,28)29)19-13-16(26)7-11-21(19)33-34/h4-13,22H,1-3H3. The summed E-state index contributed by atoms with van der Waals surface area (Å²) in [4.78, 5) is 0. The molecule has 4 rings (SSSR count). The fourth-order valence-electron chi connectivity index (χ4n) is 3.62. The summed E-state index contributed by atoms with van der Waals surface area (Å²) in [6.45, 7) is 6.28. The van der Waals surface area contributed by atoms with Gasteiger partial charge in [0.1, 0.15) is 17.2 Å². The minimum absolute atomic E-state index is 0.0569. The van der Waals surface area contributed by atoms with Gasteiger partial charge >= 0.3 is 7.82 Å². The van der Waals surface area contributed by atoms with Gasteiger partial charge in [0.05, 0.1) is 5.92 Å². The van der Waals surface area contributed by atoms with Gasteiger partial charge in [-0.15, -0.1) is 0 Å². The summed E-state index contributed by atoms with van der Waals surface area (Å²) in [6, 6.07) is 16.6. The molecule has 0 N–H and O–H groups in total. The number of phosphoric acid groups is 1. The summed E-state index contributed by atoms with van der Waals surface area (Å²) in [5.74, 6) is -0.303. The van der Waals surface area contributed by atoms with E-state index in [1.54, 1.807) is 36.4 Å². The normalized spacial score (nSPS) is 20.2. The largest absolute Gasteiger partial charge is 0.647 e. The second-order valence-electron chi connectivity index (χ2n) is 8.83. The van der Waals surface area contributed by atoms with E-state index in [2.05, 4.69) is 20.8 Å². The van der Waals surface area contributed by atoms with Crippen molar-refractivity contribution in [3.05, 3.63) is 87.4 Å². The van der Waals surface area contributed by atoms with Gasteiger partial charge in [0.2, 0.25) is 3.79 Å². The highest BCUT2D eigenvalue weighted by atomic mass is 35.6. The maximum Gasteiger partial charge on any atom is 0.647 e. The first kappa shape index (κ1) is 25.8. The maximum atomic E-state index is 13.9. The number of halogens is 5. The Kier molecular flexibility index (Phi) is 7.08. The van der Waals surface area contributed by atoms with Crippen LogP contribution in [0.15, 0.2) is 60.7 Å². The molecule has 3 aromatic carbocycles. The molecule has 0 saturated heterocycles. The zero-order valence-corrected chi connectivity index (χ0v) is 23.0. The molecule has 4 nitrogen and oxygen atoms in total. The van der Waals surface area contributed by atoms with Crippen LogP contribution in [-0.4, -0.2) is 3.79 Å². The molecular formula is C24H20Cl5O4P. The Morgan fingerprint density at radius 1 is 0.794 bits per heavy atom. The quantitative estimate of drug-likeness (QED) is 0.224. The van der Waals surface area contributed by atoms with E-state index in [1.807, 2.05) is 12.1 Å². The monoisotopic (exact) mass is 578 g/mol. The Balaban J connectivity index is 1.84. The number of hydrogen-bond donors (Lipinski definition) is 0. The van der Waals surface area contributed by atoms with Crippen molar-refractivity contribution in [3.63, 3.8) is 0 Å². The van der Waals surface area contributed by atoms with Crippen LogP contribution in [0.25, 0.3) is 0 Å². The van der Waals surface area contributed by atoms with E-state index in [0.29, 0.717) is 26.9 Å². The molecule has 10 heteroatoms. The molecule has 1 aliphatic rings. The molecule has 0 amide bonds. The molecule has 0 fully saturated rings. The number of benzene rings is 3. The van der Waals surface area contributed by atoms with Gasteiger partial charge in [-0.2, -0.15) is 4.57 Å². The molecule has 0 spiro atoms. The molecule has 1 aliphatic heterocycles. The third-order valence-corrected chi connectivity index (χ3v) is 7.65. The third kappa shape index (κ3) is 5.59. The Morgan fingerprint density at radius 2 is 1.26 bits per heavy atom. The predicted molar refractivity (Wildman–Crippen MR) is 140 cm³/mol. The highest BCUT2D eigenvalue weighted by Gasteiger charge is 2.45. The summed E-state index contributed by atoms with van der Waals surface area (Å²) in [5.41, 5.74) is 1.82. The van der Waals surface area contributed by atoms with E-state index < -0.39 is 17.5 Å². The number of hydrogen-bond acceptors (Lipinski definition) is 4. The van der Waals surface area contributed by atoms with Crippen LogP contribution in [0.3, 0.4) is 0 Å². The van der Waals surface area contributed by atoms with Crippen LogP contribution in [-0.2, 0) is 9.98 Å². The van der Waals surface area contributed by atoms with Crippen molar-refractivity contribution in [3.8, 4) is 17.2 Å². The van der Waals surface area contributed by atoms with Crippen LogP contribution in [0.4, 0.5) is 0 Å². The predicted octanol–water partition coefficient (Wildman–Crippen LogP) is 9.75. The molecule has 0 saturated carbocycles. The molecule has 180 valence electrons. The van der Waals surface area contributed by atoms with E-state index in [0.717, 1.165) is 5.56 Å². The molecule has 0 bridgehead atoms. The summed E-state index contributed by atoms with van der Waals surface area (Å²) in [7, 11) is -4.25. The third-order valence-electron chi connectivity index (χ3n) is 5.25. The molecule has 0 aliphatic carbocycles. The van der Waals surface area contributed by atoms with E-state index in [-0.39, 0.29) is 16.9 Å². The van der Waals surface area contributed by atoms with Crippen LogP contribution in [0, 0.1) is 0 Å². The summed E-state index contributed by atoms with van der Waals surface area (Å²) >= 11 is 31.7. The van der Waals surface area contributed by atoms with Crippen molar-refractivity contribution in [1.29, 1.82) is 0 Å². The van der Waals surface area contributed by atoms with Gasteiger partial charge in [-0.05, 0) is 59.5 Å². The van der Waals surface area contributed by atoms with Gasteiger partial charge < -0.3 is 13.6 Å². The van der Waals surface area contributed by atoms with Crippen LogP contribution in [0.2, 0.25) is 10.0 Å². The number of rotatable bonds is 2. The first-order valence-corrected chi connectivity index (χ1v) is 13.6. The Bertz CT molecular complexity index is 1210. The fraction of sp³-hybridized carbons (Fsp3) is 0.250. The fourth-order valence-corrected chi connectivity index (χ4v) is 5.99. The topological polar surface area (TPSA) is 44.8 Å². The average Bonchev–Trinajstić information content (AvgIpc) is 2.70. The van der Waals surface area contributed by atoms with E-state index in [9.17, 15) is 4.57 Å². The minimum atomic E-state index is -4.25. The SMILES string of the molecule is CC(C)(C)c1ccc(OP2(=O)Oc3ccc(Cl)cc3C(C(Cl)(Cl)Cl)c3cc(Cl)ccc3O2)cc1. The van der Waals surface area contributed by atoms with Crippen molar-refractivity contribution < 1.29 is 18.1 Å². The van der Waals surface area contributed by atoms with Gasteiger partial charge in [0.25, 0.3) is 0 Å². The second-order valence-corrected chi connectivity index (χ2v) is 13.5. The van der Waals surface area contributed by atoms with Crippen molar-refractivity contribution >= 4 is 65.8 Å². The molecule has 0 radical (unpaired) electrons. The van der Waals surface area contributed by atoms with Crippen molar-refractivity contribution in [2.24, 2.45) is 0 Å². The number of alkyl halides is 3. The average molecular weight is 581 g/mol. The van der Waals surface area contributed by atoms with Crippen molar-refractivity contribution in [2.45, 2.75) is 35.9 Å². The van der Waals surface area contributed by atoms with Crippen molar-refractivity contribution in [1.82, 2.24) is 0 Å². The molecular weight excluding hydrogens is 560 g/mol. The lowest BCUT2D eigenvalue weighted by atomic mass is 9.87. The van der Waals surface area contributed by atoms with Crippen LogP contribution < -0.4 is 13.6 Å². The first-order chi connectivity index (χ1) is 15.7. The zero-order valence-electron chi connectivity index (χ0n) is 18.3. The Labute approximate surface area is 223 Å². The van der Waals surface area contributed by atoms with E-state index in [1.165, 1.54) is 12.1 Å². The molecule has 1 heterocycles. The van der Waals surface area contributed by atoms with Gasteiger partial charge in [0.15, 0.2) is 0 Å². The van der Waals surface area contributed by atoms with Crippen LogP contribution >= 0.6 is 65.8 Å². The lowest BCUT2D eigenvalue weighted by Crippen LogP contribution is -2.23. The maximum absolute atomic E-state index is 13.9. The van der Waals surface area contributed by atoms with Crippen LogP contribution in [0.1, 0.15) is 43.4 Å². The summed E-state index contributed by atoms with van der Waals surface area (Å²) in [5, 5.41) is 0.750. The Morgan fingerprint density at radius 3 is 1.68 bits per heavy atom. The van der Waals surface area contributed by atoms with Gasteiger partial charge in [-0.1, -0.05) is 90.9 Å². The highest BCUT2D eigenvalue weighted by Crippen LogP contribution is 2.59. The first-order valence-electron chi connectivity index (χ1n) is 10.2. The van der Waals surface area contributed by atoms with E-state index in [4.69, 9.17) is 71.6 Å². The lowest BCUT2D eigenvalue weighted by molar-refractivity contribution is 0.292. The number of fused-ring (bicyclic) bond motifs is 2. The molecule has 0 aromatic heterocycles. The Hall–Kier alpha value is -1.26. The second kappa shape index (κ2) is 9.32. The van der Waals surface area contributed by atoms with Gasteiger partial charge in [-0.25, -0.2) is 0 Å². The molecule has 0 atom stereocenters. The molecule has 3 aromatic rings. The highest BCUT2D eigenvalue weighted by molar-refractivity contribution is 7.49. The van der Waals surface area contributed by atoms with Crippen molar-refractivity contribution in [2.75, 3.05) is 0 Å². The molecule has 0 unspecified atom stereocenters.